The van der Waals surface area contributed by atoms with Gasteiger partial charge in [-0.3, -0.25) is 9.36 Å². The highest BCUT2D eigenvalue weighted by molar-refractivity contribution is 6.36. The number of rotatable bonds is 1. The van der Waals surface area contributed by atoms with Crippen LogP contribution in [-0.4, -0.2) is 10.5 Å². The van der Waals surface area contributed by atoms with Gasteiger partial charge in [-0.15, -0.1) is 0 Å². The predicted octanol–water partition coefficient (Wildman–Crippen LogP) is 5.01. The average Bonchev–Trinajstić information content (AvgIpc) is 3.04. The molecule has 1 heterocycles. The van der Waals surface area contributed by atoms with Crippen LogP contribution in [-0.2, 0) is 0 Å². The van der Waals surface area contributed by atoms with Crippen molar-refractivity contribution in [1.82, 2.24) is 4.57 Å². The number of carbonyl (C=O) groups excluding carboxylic acids is 1. The molecule has 0 saturated carbocycles. The predicted molar refractivity (Wildman–Crippen MR) is 95.3 cm³/mol. The van der Waals surface area contributed by atoms with Crippen LogP contribution in [0.1, 0.15) is 15.9 Å². The zero-order valence-corrected chi connectivity index (χ0v) is 13.3. The van der Waals surface area contributed by atoms with Crippen LogP contribution in [0.3, 0.4) is 0 Å². The number of nitriles is 1. The first kappa shape index (κ1) is 14.5. The van der Waals surface area contributed by atoms with Gasteiger partial charge in [0.25, 0.3) is 5.91 Å². The molecule has 3 aromatic carbocycles. The second-order valence-corrected chi connectivity index (χ2v) is 5.92. The van der Waals surface area contributed by atoms with Gasteiger partial charge in [0.05, 0.1) is 17.1 Å². The summed E-state index contributed by atoms with van der Waals surface area (Å²) in [5, 5.41) is 12.3. The summed E-state index contributed by atoms with van der Waals surface area (Å²) in [5.41, 5.74) is 1.82. The van der Waals surface area contributed by atoms with E-state index in [2.05, 4.69) is 6.07 Å². The number of benzene rings is 3. The van der Waals surface area contributed by atoms with Gasteiger partial charge in [-0.1, -0.05) is 41.9 Å². The normalized spacial score (nSPS) is 10.8. The Morgan fingerprint density at radius 3 is 2.62 bits per heavy atom. The Bertz CT molecular complexity index is 1150. The second-order valence-electron chi connectivity index (χ2n) is 5.52. The number of fused-ring (bicyclic) bond motifs is 2. The molecule has 0 radical (unpaired) electrons. The van der Waals surface area contributed by atoms with Crippen molar-refractivity contribution >= 4 is 39.2 Å². The fraction of sp³-hybridized carbons (Fsp3) is 0. The molecule has 0 fully saturated rings. The molecular formula is C20H11ClN2O. The molecule has 114 valence electrons. The average molecular weight is 331 g/mol. The van der Waals surface area contributed by atoms with Gasteiger partial charge in [0.1, 0.15) is 0 Å². The number of hydrogen-bond acceptors (Lipinski definition) is 2. The van der Waals surface area contributed by atoms with Crippen LogP contribution in [0.15, 0.2) is 66.9 Å². The Kier molecular flexibility index (Phi) is 3.34. The smallest absolute Gasteiger partial charge is 0.262 e. The third-order valence-corrected chi connectivity index (χ3v) is 4.47. The topological polar surface area (TPSA) is 45.8 Å². The highest BCUT2D eigenvalue weighted by Crippen LogP contribution is 2.27. The zero-order valence-electron chi connectivity index (χ0n) is 12.5. The summed E-state index contributed by atoms with van der Waals surface area (Å²) >= 11 is 6.24. The first-order chi connectivity index (χ1) is 11.7. The van der Waals surface area contributed by atoms with E-state index in [0.717, 1.165) is 21.7 Å². The van der Waals surface area contributed by atoms with Crippen LogP contribution in [0.25, 0.3) is 21.7 Å². The lowest BCUT2D eigenvalue weighted by Gasteiger charge is -2.09. The van der Waals surface area contributed by atoms with Crippen LogP contribution >= 0.6 is 11.6 Å². The third kappa shape index (κ3) is 2.17. The molecule has 0 amide bonds. The van der Waals surface area contributed by atoms with E-state index in [1.165, 1.54) is 0 Å². The van der Waals surface area contributed by atoms with E-state index in [-0.39, 0.29) is 5.91 Å². The summed E-state index contributed by atoms with van der Waals surface area (Å²) in [6.07, 6.45) is 1.73. The maximum Gasteiger partial charge on any atom is 0.262 e. The molecule has 3 nitrogen and oxygen atoms in total. The molecule has 0 atom stereocenters. The van der Waals surface area contributed by atoms with Crippen molar-refractivity contribution in [2.24, 2.45) is 0 Å². The lowest BCUT2D eigenvalue weighted by atomic mass is 10.0. The van der Waals surface area contributed by atoms with E-state index in [1.807, 2.05) is 42.5 Å². The van der Waals surface area contributed by atoms with Crippen molar-refractivity contribution in [3.8, 4) is 6.07 Å². The SMILES string of the molecule is N#Cc1ccc2ccn(C(=O)c3cccc4c(Cl)cccc34)c2c1. The number of hydrogen-bond donors (Lipinski definition) is 0. The lowest BCUT2D eigenvalue weighted by molar-refractivity contribution is 0.0966. The fourth-order valence-electron chi connectivity index (χ4n) is 2.96. The van der Waals surface area contributed by atoms with Gasteiger partial charge in [0.2, 0.25) is 0 Å². The first-order valence-electron chi connectivity index (χ1n) is 7.42. The quantitative estimate of drug-likeness (QED) is 0.492. The van der Waals surface area contributed by atoms with Gasteiger partial charge in [-0.25, -0.2) is 0 Å². The molecule has 0 unspecified atom stereocenters. The van der Waals surface area contributed by atoms with Crippen LogP contribution in [0.4, 0.5) is 0 Å². The molecule has 1 aromatic heterocycles. The standard InChI is InChI=1S/C20H11ClN2O/c21-18-6-2-3-15-16(18)4-1-5-17(15)20(24)23-10-9-14-8-7-13(12-22)11-19(14)23/h1-11H. The van der Waals surface area contributed by atoms with Crippen LogP contribution in [0, 0.1) is 11.3 Å². The molecule has 0 aliphatic carbocycles. The van der Waals surface area contributed by atoms with E-state index in [0.29, 0.717) is 16.1 Å². The number of halogens is 1. The Labute approximate surface area is 143 Å². The van der Waals surface area contributed by atoms with Gasteiger partial charge in [0.15, 0.2) is 0 Å². The molecule has 0 spiro atoms. The maximum absolute atomic E-state index is 13.1. The van der Waals surface area contributed by atoms with Crippen LogP contribution in [0.5, 0.6) is 0 Å². The van der Waals surface area contributed by atoms with Gasteiger partial charge in [0, 0.05) is 27.6 Å². The van der Waals surface area contributed by atoms with Crippen molar-refractivity contribution in [2.75, 3.05) is 0 Å². The number of carbonyl (C=O) groups is 1. The molecule has 0 aliphatic rings. The largest absolute Gasteiger partial charge is 0.283 e. The summed E-state index contributed by atoms with van der Waals surface area (Å²) in [6, 6.07) is 20.3. The van der Waals surface area contributed by atoms with E-state index in [9.17, 15) is 4.79 Å². The number of nitrogens with zero attached hydrogens (tertiary/aromatic N) is 2. The monoisotopic (exact) mass is 330 g/mol. The Morgan fingerprint density at radius 2 is 1.79 bits per heavy atom. The van der Waals surface area contributed by atoms with Crippen LogP contribution < -0.4 is 0 Å². The molecule has 4 rings (SSSR count). The van der Waals surface area contributed by atoms with Crippen molar-refractivity contribution in [3.05, 3.63) is 83.0 Å². The number of aromatic nitrogens is 1. The molecule has 4 aromatic rings. The van der Waals surface area contributed by atoms with Gasteiger partial charge in [-0.05, 0) is 35.7 Å². The minimum Gasteiger partial charge on any atom is -0.283 e. The highest BCUT2D eigenvalue weighted by atomic mass is 35.5. The Morgan fingerprint density at radius 1 is 1.00 bits per heavy atom. The van der Waals surface area contributed by atoms with Gasteiger partial charge < -0.3 is 0 Å². The van der Waals surface area contributed by atoms with Crippen molar-refractivity contribution in [1.29, 1.82) is 5.26 Å². The van der Waals surface area contributed by atoms with E-state index in [4.69, 9.17) is 16.9 Å². The molecule has 0 aliphatic heterocycles. The highest BCUT2D eigenvalue weighted by Gasteiger charge is 2.15. The van der Waals surface area contributed by atoms with Crippen molar-refractivity contribution < 1.29 is 4.79 Å². The molecule has 0 bridgehead atoms. The fourth-order valence-corrected chi connectivity index (χ4v) is 3.20. The molecule has 4 heteroatoms. The second kappa shape index (κ2) is 5.52. The van der Waals surface area contributed by atoms with E-state index >= 15 is 0 Å². The summed E-state index contributed by atoms with van der Waals surface area (Å²) < 4.78 is 1.58. The van der Waals surface area contributed by atoms with E-state index < -0.39 is 0 Å². The lowest BCUT2D eigenvalue weighted by Crippen LogP contribution is -2.11. The summed E-state index contributed by atoms with van der Waals surface area (Å²) in [5.74, 6) is -0.145. The first-order valence-corrected chi connectivity index (χ1v) is 7.80. The van der Waals surface area contributed by atoms with Crippen molar-refractivity contribution in [3.63, 3.8) is 0 Å². The van der Waals surface area contributed by atoms with Crippen molar-refractivity contribution in [2.45, 2.75) is 0 Å². The Hall–Kier alpha value is -3.09. The summed E-state index contributed by atoms with van der Waals surface area (Å²) in [6.45, 7) is 0. The van der Waals surface area contributed by atoms with Gasteiger partial charge in [-0.2, -0.15) is 5.26 Å². The minimum atomic E-state index is -0.145. The minimum absolute atomic E-state index is 0.145. The molecular weight excluding hydrogens is 320 g/mol. The third-order valence-electron chi connectivity index (χ3n) is 4.14. The molecule has 0 saturated heterocycles. The summed E-state index contributed by atoms with van der Waals surface area (Å²) in [7, 11) is 0. The zero-order chi connectivity index (χ0) is 16.7. The Balaban J connectivity index is 1.95. The molecule has 0 N–H and O–H groups in total. The van der Waals surface area contributed by atoms with E-state index in [1.54, 1.807) is 29.0 Å². The molecule has 24 heavy (non-hydrogen) atoms. The van der Waals surface area contributed by atoms with Crippen LogP contribution in [0.2, 0.25) is 5.02 Å². The summed E-state index contributed by atoms with van der Waals surface area (Å²) in [4.78, 5) is 13.1. The maximum atomic E-state index is 13.1. The van der Waals surface area contributed by atoms with Gasteiger partial charge >= 0.3 is 0 Å².